The minimum atomic E-state index is -0.313. The number of carbonyl (C=O) groups excluding carboxylic acids is 1. The minimum Gasteiger partial charge on any atom is -0.467 e. The molecule has 5 nitrogen and oxygen atoms in total. The SMILES string of the molecule is Cc1ccc(Cl)cc1N1CCN(C(=O)NC(c2ccccc2)c2ccco2)CC1. The number of nitrogens with zero attached hydrogens (tertiary/aromatic N) is 2. The summed E-state index contributed by atoms with van der Waals surface area (Å²) in [5.74, 6) is 0.720. The molecule has 1 aromatic heterocycles. The summed E-state index contributed by atoms with van der Waals surface area (Å²) in [5.41, 5.74) is 3.31. The van der Waals surface area contributed by atoms with Gasteiger partial charge in [-0.3, -0.25) is 0 Å². The summed E-state index contributed by atoms with van der Waals surface area (Å²) in [6.07, 6.45) is 1.63. The van der Waals surface area contributed by atoms with Crippen molar-refractivity contribution in [3.05, 3.63) is 88.8 Å². The van der Waals surface area contributed by atoms with Crippen molar-refractivity contribution in [1.29, 1.82) is 0 Å². The molecule has 0 radical (unpaired) electrons. The van der Waals surface area contributed by atoms with Crippen LogP contribution in [0.3, 0.4) is 0 Å². The summed E-state index contributed by atoms with van der Waals surface area (Å²) in [7, 11) is 0. The zero-order valence-corrected chi connectivity index (χ0v) is 17.1. The molecule has 0 aliphatic carbocycles. The van der Waals surface area contributed by atoms with Crippen molar-refractivity contribution in [3.63, 3.8) is 0 Å². The van der Waals surface area contributed by atoms with Gasteiger partial charge in [0.15, 0.2) is 0 Å². The lowest BCUT2D eigenvalue weighted by Gasteiger charge is -2.37. The third kappa shape index (κ3) is 4.40. The predicted molar refractivity (Wildman–Crippen MR) is 115 cm³/mol. The van der Waals surface area contributed by atoms with E-state index in [0.29, 0.717) is 13.1 Å². The second-order valence-corrected chi connectivity index (χ2v) is 7.65. The number of piperazine rings is 1. The molecule has 3 aromatic rings. The Bertz CT molecular complexity index is 952. The van der Waals surface area contributed by atoms with E-state index in [0.717, 1.165) is 35.1 Å². The Kier molecular flexibility index (Phi) is 5.76. The van der Waals surface area contributed by atoms with Crippen molar-refractivity contribution in [3.8, 4) is 0 Å². The molecular weight excluding hydrogens is 386 g/mol. The first-order valence-corrected chi connectivity index (χ1v) is 10.1. The van der Waals surface area contributed by atoms with Gasteiger partial charge in [0.05, 0.1) is 6.26 Å². The molecule has 1 N–H and O–H groups in total. The maximum atomic E-state index is 13.0. The summed E-state index contributed by atoms with van der Waals surface area (Å²) in [6, 6.07) is 19.1. The average Bonchev–Trinajstić information content (AvgIpc) is 3.29. The van der Waals surface area contributed by atoms with Crippen molar-refractivity contribution < 1.29 is 9.21 Å². The molecule has 2 aromatic carbocycles. The van der Waals surface area contributed by atoms with Gasteiger partial charge >= 0.3 is 6.03 Å². The highest BCUT2D eigenvalue weighted by molar-refractivity contribution is 6.30. The molecule has 150 valence electrons. The van der Waals surface area contributed by atoms with Gasteiger partial charge in [-0.15, -0.1) is 0 Å². The highest BCUT2D eigenvalue weighted by Crippen LogP contribution is 2.26. The van der Waals surface area contributed by atoms with E-state index in [-0.39, 0.29) is 12.1 Å². The van der Waals surface area contributed by atoms with E-state index < -0.39 is 0 Å². The van der Waals surface area contributed by atoms with Gasteiger partial charge < -0.3 is 19.5 Å². The molecule has 1 aliphatic rings. The fraction of sp³-hybridized carbons (Fsp3) is 0.261. The third-order valence-corrected chi connectivity index (χ3v) is 5.54. The van der Waals surface area contributed by atoms with Gasteiger partial charge in [0.25, 0.3) is 0 Å². The van der Waals surface area contributed by atoms with Crippen LogP contribution >= 0.6 is 11.6 Å². The van der Waals surface area contributed by atoms with E-state index in [1.54, 1.807) is 6.26 Å². The Morgan fingerprint density at radius 2 is 1.79 bits per heavy atom. The van der Waals surface area contributed by atoms with Crippen molar-refractivity contribution in [2.24, 2.45) is 0 Å². The Balaban J connectivity index is 1.43. The molecular formula is C23H24ClN3O2. The maximum Gasteiger partial charge on any atom is 0.318 e. The molecule has 2 heterocycles. The topological polar surface area (TPSA) is 48.7 Å². The van der Waals surface area contributed by atoms with Gasteiger partial charge in [0.2, 0.25) is 0 Å². The smallest absolute Gasteiger partial charge is 0.318 e. The zero-order chi connectivity index (χ0) is 20.2. The zero-order valence-electron chi connectivity index (χ0n) is 16.3. The quantitative estimate of drug-likeness (QED) is 0.669. The van der Waals surface area contributed by atoms with Crippen LogP contribution in [0.1, 0.15) is 22.9 Å². The van der Waals surface area contributed by atoms with Crippen molar-refractivity contribution in [2.45, 2.75) is 13.0 Å². The number of hydrogen-bond acceptors (Lipinski definition) is 3. The lowest BCUT2D eigenvalue weighted by atomic mass is 10.0. The van der Waals surface area contributed by atoms with Gasteiger partial charge in [-0.25, -0.2) is 4.79 Å². The first kappa shape index (κ1) is 19.4. The molecule has 1 aliphatic heterocycles. The highest BCUT2D eigenvalue weighted by atomic mass is 35.5. The first-order valence-electron chi connectivity index (χ1n) is 9.77. The van der Waals surface area contributed by atoms with E-state index >= 15 is 0 Å². The molecule has 1 atom stereocenters. The van der Waals surface area contributed by atoms with Crippen LogP contribution < -0.4 is 10.2 Å². The molecule has 1 saturated heterocycles. The Hall–Kier alpha value is -2.92. The highest BCUT2D eigenvalue weighted by Gasteiger charge is 2.26. The number of hydrogen-bond donors (Lipinski definition) is 1. The lowest BCUT2D eigenvalue weighted by molar-refractivity contribution is 0.190. The summed E-state index contributed by atoms with van der Waals surface area (Å²) in [5, 5.41) is 3.87. The number of urea groups is 1. The van der Waals surface area contributed by atoms with Crippen LogP contribution in [0.15, 0.2) is 71.3 Å². The van der Waals surface area contributed by atoms with Crippen molar-refractivity contribution in [2.75, 3.05) is 31.1 Å². The Labute approximate surface area is 175 Å². The number of rotatable bonds is 4. The van der Waals surface area contributed by atoms with Crippen LogP contribution in [0.4, 0.5) is 10.5 Å². The molecule has 1 fully saturated rings. The van der Waals surface area contributed by atoms with E-state index in [9.17, 15) is 4.79 Å². The van der Waals surface area contributed by atoms with Gasteiger partial charge in [0, 0.05) is 36.9 Å². The maximum absolute atomic E-state index is 13.0. The standard InChI is InChI=1S/C23H24ClN3O2/c1-17-9-10-19(24)16-20(17)26-11-13-27(14-12-26)23(28)25-22(21-8-5-15-29-21)18-6-3-2-4-7-18/h2-10,15-16,22H,11-14H2,1H3,(H,25,28). The lowest BCUT2D eigenvalue weighted by Crippen LogP contribution is -2.52. The van der Waals surface area contributed by atoms with Crippen LogP contribution in [0.2, 0.25) is 5.02 Å². The second-order valence-electron chi connectivity index (χ2n) is 7.21. The number of furan rings is 1. The van der Waals surface area contributed by atoms with Crippen LogP contribution in [0.25, 0.3) is 0 Å². The summed E-state index contributed by atoms with van der Waals surface area (Å²) < 4.78 is 5.58. The molecule has 0 spiro atoms. The van der Waals surface area contributed by atoms with Crippen LogP contribution in [-0.4, -0.2) is 37.1 Å². The monoisotopic (exact) mass is 409 g/mol. The van der Waals surface area contributed by atoms with E-state index in [1.807, 2.05) is 65.6 Å². The Morgan fingerprint density at radius 3 is 2.48 bits per heavy atom. The average molecular weight is 410 g/mol. The fourth-order valence-electron chi connectivity index (χ4n) is 3.71. The van der Waals surface area contributed by atoms with Gasteiger partial charge in [-0.2, -0.15) is 0 Å². The molecule has 1 unspecified atom stereocenters. The summed E-state index contributed by atoms with van der Waals surface area (Å²) in [6.45, 7) is 4.92. The summed E-state index contributed by atoms with van der Waals surface area (Å²) >= 11 is 6.17. The van der Waals surface area contributed by atoms with Crippen LogP contribution in [0.5, 0.6) is 0 Å². The number of nitrogens with one attached hydrogen (secondary N) is 1. The molecule has 29 heavy (non-hydrogen) atoms. The second kappa shape index (κ2) is 8.62. The number of halogens is 1. The van der Waals surface area contributed by atoms with E-state index in [2.05, 4.69) is 17.1 Å². The number of carbonyl (C=O) groups is 1. The van der Waals surface area contributed by atoms with Gasteiger partial charge in [-0.1, -0.05) is 48.0 Å². The molecule has 0 saturated carbocycles. The normalized spacial score (nSPS) is 15.2. The molecule has 0 bridgehead atoms. The van der Waals surface area contributed by atoms with Crippen molar-refractivity contribution in [1.82, 2.24) is 10.2 Å². The molecule has 4 rings (SSSR count). The van der Waals surface area contributed by atoms with Crippen LogP contribution in [0, 0.1) is 6.92 Å². The number of amides is 2. The first-order chi connectivity index (χ1) is 14.1. The Morgan fingerprint density at radius 1 is 1.03 bits per heavy atom. The van der Waals surface area contributed by atoms with Gasteiger partial charge in [0.1, 0.15) is 11.8 Å². The van der Waals surface area contributed by atoms with E-state index in [1.165, 1.54) is 5.56 Å². The summed E-state index contributed by atoms with van der Waals surface area (Å²) in [4.78, 5) is 17.1. The number of benzene rings is 2. The third-order valence-electron chi connectivity index (χ3n) is 5.31. The predicted octanol–water partition coefficient (Wildman–Crippen LogP) is 4.86. The number of aryl methyl sites for hydroxylation is 1. The fourth-order valence-corrected chi connectivity index (χ4v) is 3.87. The van der Waals surface area contributed by atoms with E-state index in [4.69, 9.17) is 16.0 Å². The van der Waals surface area contributed by atoms with Gasteiger partial charge in [-0.05, 0) is 42.3 Å². The molecule has 6 heteroatoms. The minimum absolute atomic E-state index is 0.0854. The van der Waals surface area contributed by atoms with Crippen molar-refractivity contribution >= 4 is 23.3 Å². The largest absolute Gasteiger partial charge is 0.467 e. The van der Waals surface area contributed by atoms with Crippen LogP contribution in [-0.2, 0) is 0 Å². The number of anilines is 1. The molecule has 2 amide bonds.